The number of anilines is 1. The molecule has 0 unspecified atom stereocenters. The van der Waals surface area contributed by atoms with Gasteiger partial charge in [0, 0.05) is 12.1 Å². The maximum atomic E-state index is 12.3. The minimum atomic E-state index is 0.0914. The molecule has 5 heteroatoms. The van der Waals surface area contributed by atoms with Crippen LogP contribution in [-0.2, 0) is 4.79 Å². The lowest BCUT2D eigenvalue weighted by Crippen LogP contribution is -2.27. The first kappa shape index (κ1) is 15.6. The van der Waals surface area contributed by atoms with Gasteiger partial charge in [-0.2, -0.15) is 0 Å². The first-order chi connectivity index (χ1) is 11.3. The smallest absolute Gasteiger partial charge is 0.227 e. The van der Waals surface area contributed by atoms with Crippen molar-refractivity contribution in [1.29, 1.82) is 0 Å². The zero-order valence-electron chi connectivity index (χ0n) is 13.4. The molecule has 2 heterocycles. The van der Waals surface area contributed by atoms with Gasteiger partial charge >= 0.3 is 0 Å². The Morgan fingerprint density at radius 3 is 2.48 bits per heavy atom. The molecule has 1 N–H and O–H groups in total. The highest BCUT2D eigenvalue weighted by Gasteiger charge is 2.25. The van der Waals surface area contributed by atoms with Gasteiger partial charge in [0.25, 0.3) is 0 Å². The Hall–Kier alpha value is -2.30. The van der Waals surface area contributed by atoms with E-state index in [0.29, 0.717) is 11.5 Å². The summed E-state index contributed by atoms with van der Waals surface area (Å²) in [6.07, 6.45) is 10.5. The number of carbonyl (C=O) groups excluding carboxylic acids is 1. The molecule has 120 valence electrons. The van der Waals surface area contributed by atoms with Gasteiger partial charge in [0.2, 0.25) is 5.91 Å². The molecule has 3 rings (SSSR count). The molecule has 2 aromatic rings. The van der Waals surface area contributed by atoms with E-state index >= 15 is 0 Å². The molecule has 0 aromatic carbocycles. The van der Waals surface area contributed by atoms with Crippen LogP contribution in [0.4, 0.5) is 5.69 Å². The second kappa shape index (κ2) is 7.31. The molecule has 1 saturated carbocycles. The normalized spacial score (nSPS) is 20.9. The van der Waals surface area contributed by atoms with Crippen LogP contribution in [0.25, 0.3) is 11.5 Å². The van der Waals surface area contributed by atoms with Crippen LogP contribution in [0.1, 0.15) is 39.0 Å². The summed E-state index contributed by atoms with van der Waals surface area (Å²) in [5.41, 5.74) is 1.37. The molecule has 0 atom stereocenters. The maximum absolute atomic E-state index is 12.3. The average Bonchev–Trinajstić information content (AvgIpc) is 2.63. The number of amides is 1. The number of hydrogen-bond donors (Lipinski definition) is 1. The second-order valence-corrected chi connectivity index (χ2v) is 6.13. The van der Waals surface area contributed by atoms with Crippen LogP contribution in [0.5, 0.6) is 0 Å². The number of rotatable bonds is 4. The molecule has 0 aliphatic heterocycles. The lowest BCUT2D eigenvalue weighted by atomic mass is 9.80. The van der Waals surface area contributed by atoms with Crippen LogP contribution in [0, 0.1) is 11.8 Å². The minimum absolute atomic E-state index is 0.0914. The Morgan fingerprint density at radius 1 is 1.13 bits per heavy atom. The highest BCUT2D eigenvalue weighted by atomic mass is 16.1. The monoisotopic (exact) mass is 310 g/mol. The van der Waals surface area contributed by atoms with Crippen molar-refractivity contribution < 1.29 is 4.79 Å². The first-order valence-corrected chi connectivity index (χ1v) is 8.30. The van der Waals surface area contributed by atoms with E-state index in [1.165, 1.54) is 6.42 Å². The summed E-state index contributed by atoms with van der Waals surface area (Å²) < 4.78 is 0. The van der Waals surface area contributed by atoms with Crippen molar-refractivity contribution in [3.8, 4) is 11.5 Å². The molecule has 1 aliphatic carbocycles. The van der Waals surface area contributed by atoms with E-state index < -0.39 is 0 Å². The Balaban J connectivity index is 1.59. The predicted molar refractivity (Wildman–Crippen MR) is 89.6 cm³/mol. The van der Waals surface area contributed by atoms with E-state index in [1.807, 2.05) is 18.2 Å². The summed E-state index contributed by atoms with van der Waals surface area (Å²) in [4.78, 5) is 25.1. The molecule has 0 radical (unpaired) electrons. The quantitative estimate of drug-likeness (QED) is 0.935. The summed E-state index contributed by atoms with van der Waals surface area (Å²) in [5.74, 6) is 1.56. The van der Waals surface area contributed by atoms with Crippen LogP contribution in [-0.4, -0.2) is 20.9 Å². The fraction of sp³-hybridized carbons (Fsp3) is 0.444. The number of carbonyl (C=O) groups is 1. The van der Waals surface area contributed by atoms with E-state index in [4.69, 9.17) is 0 Å². The number of nitrogens with one attached hydrogen (secondary N) is 1. The molecule has 0 bridgehead atoms. The molecule has 1 fully saturated rings. The van der Waals surface area contributed by atoms with Crippen molar-refractivity contribution in [3.63, 3.8) is 0 Å². The van der Waals surface area contributed by atoms with E-state index in [2.05, 4.69) is 27.2 Å². The second-order valence-electron chi connectivity index (χ2n) is 6.13. The zero-order valence-corrected chi connectivity index (χ0v) is 13.4. The standard InChI is InChI=1S/C18H22N4O/c1-2-13-6-8-14(9-7-13)18(23)22-15-11-20-17(21-12-15)16-5-3-4-10-19-16/h3-5,10-14H,2,6-9H2,1H3,(H,22,23). The molecule has 1 amide bonds. The third kappa shape index (κ3) is 3.92. The number of pyridine rings is 1. The van der Waals surface area contributed by atoms with Gasteiger partial charge in [-0.15, -0.1) is 0 Å². The third-order valence-corrected chi connectivity index (χ3v) is 4.61. The van der Waals surface area contributed by atoms with Gasteiger partial charge < -0.3 is 5.32 Å². The first-order valence-electron chi connectivity index (χ1n) is 8.30. The van der Waals surface area contributed by atoms with Crippen molar-refractivity contribution in [2.45, 2.75) is 39.0 Å². The van der Waals surface area contributed by atoms with Gasteiger partial charge in [0.1, 0.15) is 5.69 Å². The lowest BCUT2D eigenvalue weighted by Gasteiger charge is -2.26. The number of hydrogen-bond acceptors (Lipinski definition) is 4. The summed E-state index contributed by atoms with van der Waals surface area (Å²) >= 11 is 0. The Kier molecular flexibility index (Phi) is 4.95. The zero-order chi connectivity index (χ0) is 16.1. The number of aromatic nitrogens is 3. The molecule has 0 spiro atoms. The van der Waals surface area contributed by atoms with Gasteiger partial charge in [-0.05, 0) is 43.7 Å². The van der Waals surface area contributed by atoms with E-state index in [1.54, 1.807) is 18.6 Å². The summed E-state index contributed by atoms with van der Waals surface area (Å²) in [7, 11) is 0. The fourth-order valence-corrected chi connectivity index (χ4v) is 3.10. The van der Waals surface area contributed by atoms with Crippen LogP contribution in [0.3, 0.4) is 0 Å². The van der Waals surface area contributed by atoms with Crippen LogP contribution < -0.4 is 5.32 Å². The lowest BCUT2D eigenvalue weighted by molar-refractivity contribution is -0.121. The predicted octanol–water partition coefficient (Wildman–Crippen LogP) is 3.69. The summed E-state index contributed by atoms with van der Waals surface area (Å²) in [5, 5.41) is 2.94. The highest BCUT2D eigenvalue weighted by molar-refractivity contribution is 5.92. The molecule has 5 nitrogen and oxygen atoms in total. The van der Waals surface area contributed by atoms with Crippen molar-refractivity contribution in [1.82, 2.24) is 15.0 Å². The Morgan fingerprint density at radius 2 is 1.87 bits per heavy atom. The van der Waals surface area contributed by atoms with E-state index in [-0.39, 0.29) is 11.8 Å². The molecular weight excluding hydrogens is 288 g/mol. The van der Waals surface area contributed by atoms with Crippen LogP contribution >= 0.6 is 0 Å². The van der Waals surface area contributed by atoms with Crippen molar-refractivity contribution >= 4 is 11.6 Å². The Labute approximate surface area is 136 Å². The third-order valence-electron chi connectivity index (χ3n) is 4.61. The fourth-order valence-electron chi connectivity index (χ4n) is 3.10. The van der Waals surface area contributed by atoms with Gasteiger partial charge in [-0.25, -0.2) is 9.97 Å². The van der Waals surface area contributed by atoms with Gasteiger partial charge in [0.15, 0.2) is 5.82 Å². The largest absolute Gasteiger partial charge is 0.323 e. The van der Waals surface area contributed by atoms with E-state index in [0.717, 1.165) is 37.3 Å². The molecule has 2 aromatic heterocycles. The topological polar surface area (TPSA) is 67.8 Å². The minimum Gasteiger partial charge on any atom is -0.323 e. The maximum Gasteiger partial charge on any atom is 0.227 e. The SMILES string of the molecule is CCC1CCC(C(=O)Nc2cnc(-c3ccccn3)nc2)CC1. The molecular formula is C18H22N4O. The van der Waals surface area contributed by atoms with Crippen molar-refractivity contribution in [3.05, 3.63) is 36.8 Å². The van der Waals surface area contributed by atoms with Crippen LogP contribution in [0.2, 0.25) is 0 Å². The van der Waals surface area contributed by atoms with Crippen molar-refractivity contribution in [2.24, 2.45) is 11.8 Å². The van der Waals surface area contributed by atoms with E-state index in [9.17, 15) is 4.79 Å². The molecule has 1 aliphatic rings. The van der Waals surface area contributed by atoms with Crippen LogP contribution in [0.15, 0.2) is 36.8 Å². The summed E-state index contributed by atoms with van der Waals surface area (Å²) in [6.45, 7) is 2.23. The van der Waals surface area contributed by atoms with Gasteiger partial charge in [-0.1, -0.05) is 19.4 Å². The van der Waals surface area contributed by atoms with Gasteiger partial charge in [-0.3, -0.25) is 9.78 Å². The van der Waals surface area contributed by atoms with Gasteiger partial charge in [0.05, 0.1) is 18.1 Å². The highest BCUT2D eigenvalue weighted by Crippen LogP contribution is 2.31. The molecule has 23 heavy (non-hydrogen) atoms. The molecule has 0 saturated heterocycles. The number of nitrogens with zero attached hydrogens (tertiary/aromatic N) is 3. The van der Waals surface area contributed by atoms with Crippen molar-refractivity contribution in [2.75, 3.05) is 5.32 Å². The average molecular weight is 310 g/mol. The Bertz CT molecular complexity index is 634. The summed E-state index contributed by atoms with van der Waals surface area (Å²) in [6, 6.07) is 5.61.